The third-order valence-corrected chi connectivity index (χ3v) is 4.84. The molecule has 8 nitrogen and oxygen atoms in total. The van der Waals surface area contributed by atoms with E-state index in [1.54, 1.807) is 31.3 Å². The normalized spacial score (nSPS) is 13.9. The Kier molecular flexibility index (Phi) is 4.82. The molecule has 1 aromatic carbocycles. The van der Waals surface area contributed by atoms with E-state index < -0.39 is 18.4 Å². The van der Waals surface area contributed by atoms with Crippen LogP contribution in [0.25, 0.3) is 17.2 Å². The molecule has 0 fully saturated rings. The van der Waals surface area contributed by atoms with Crippen molar-refractivity contribution in [1.82, 2.24) is 14.1 Å². The Bertz CT molecular complexity index is 1140. The Morgan fingerprint density at radius 3 is 2.93 bits per heavy atom. The average Bonchev–Trinajstić information content (AvgIpc) is 3.21. The number of hydrogen-bond donors (Lipinski definition) is 2. The van der Waals surface area contributed by atoms with Gasteiger partial charge in [0.15, 0.2) is 5.82 Å². The first-order chi connectivity index (χ1) is 13.8. The topological polar surface area (TPSA) is 100 Å². The first kappa shape index (κ1) is 19.1. The van der Waals surface area contributed by atoms with Crippen LogP contribution in [0.3, 0.4) is 0 Å². The molecule has 0 aliphatic carbocycles. The summed E-state index contributed by atoms with van der Waals surface area (Å²) in [6, 6.07) is 4.73. The number of anilines is 1. The van der Waals surface area contributed by atoms with Crippen molar-refractivity contribution in [2.24, 2.45) is 5.73 Å². The van der Waals surface area contributed by atoms with Gasteiger partial charge in [-0.05, 0) is 31.3 Å². The smallest absolute Gasteiger partial charge is 0.282 e. The van der Waals surface area contributed by atoms with Gasteiger partial charge in [0.05, 0.1) is 12.1 Å². The second-order valence-corrected chi connectivity index (χ2v) is 6.86. The summed E-state index contributed by atoms with van der Waals surface area (Å²) in [5.74, 6) is 0.858. The van der Waals surface area contributed by atoms with Gasteiger partial charge in [-0.1, -0.05) is 0 Å². The number of carbonyl (C=O) groups is 1. The second kappa shape index (κ2) is 7.32. The number of carbonyl (C=O) groups excluding carboxylic acids is 1. The van der Waals surface area contributed by atoms with Gasteiger partial charge in [0.25, 0.3) is 11.3 Å². The lowest BCUT2D eigenvalue weighted by Gasteiger charge is -2.14. The zero-order chi connectivity index (χ0) is 20.7. The van der Waals surface area contributed by atoms with Crippen molar-refractivity contribution >= 4 is 23.8 Å². The zero-order valence-corrected chi connectivity index (χ0v) is 16.1. The van der Waals surface area contributed by atoms with Crippen LogP contribution in [0.4, 0.5) is 14.5 Å². The maximum absolute atomic E-state index is 13.3. The van der Waals surface area contributed by atoms with E-state index in [0.717, 1.165) is 10.8 Å². The van der Waals surface area contributed by atoms with E-state index in [-0.39, 0.29) is 16.3 Å². The van der Waals surface area contributed by atoms with Crippen LogP contribution in [0, 0.1) is 4.84 Å². The van der Waals surface area contributed by atoms with Crippen molar-refractivity contribution < 1.29 is 22.7 Å². The number of alkyl halides is 2. The molecule has 11 heteroatoms. The maximum Gasteiger partial charge on any atom is 0.282 e. The van der Waals surface area contributed by atoms with Crippen LogP contribution < -0.4 is 15.8 Å². The van der Waals surface area contributed by atoms with Gasteiger partial charge in [-0.25, -0.2) is 18.3 Å². The van der Waals surface area contributed by atoms with Crippen molar-refractivity contribution in [3.05, 3.63) is 41.2 Å². The molecule has 0 saturated carbocycles. The van der Waals surface area contributed by atoms with Crippen molar-refractivity contribution in [2.75, 3.05) is 11.9 Å². The SMILES string of the molecule is C[C@H](Nc1ccc2c(c1)OCCn1cc(-n3c(C(F)F)coc3=S)nc1-2)C(N)=O. The van der Waals surface area contributed by atoms with Gasteiger partial charge in [0.1, 0.15) is 36.2 Å². The average molecular weight is 421 g/mol. The third kappa shape index (κ3) is 3.48. The van der Waals surface area contributed by atoms with Crippen molar-refractivity contribution in [3.8, 4) is 23.0 Å². The number of nitrogens with two attached hydrogens (primary N) is 1. The Morgan fingerprint density at radius 1 is 1.41 bits per heavy atom. The van der Waals surface area contributed by atoms with Crippen molar-refractivity contribution in [2.45, 2.75) is 25.9 Å². The van der Waals surface area contributed by atoms with Crippen LogP contribution in [0.1, 0.15) is 19.0 Å². The minimum atomic E-state index is -2.76. The van der Waals surface area contributed by atoms with E-state index >= 15 is 0 Å². The van der Waals surface area contributed by atoms with Crippen molar-refractivity contribution in [1.29, 1.82) is 0 Å². The number of benzene rings is 1. The van der Waals surface area contributed by atoms with Gasteiger partial charge in [-0.15, -0.1) is 0 Å². The molecule has 2 aromatic heterocycles. The molecule has 0 bridgehead atoms. The summed E-state index contributed by atoms with van der Waals surface area (Å²) in [6.45, 7) is 2.47. The minimum Gasteiger partial charge on any atom is -0.491 e. The third-order valence-electron chi connectivity index (χ3n) is 4.56. The molecule has 0 unspecified atom stereocenters. The molecule has 3 heterocycles. The van der Waals surface area contributed by atoms with Crippen LogP contribution >= 0.6 is 12.2 Å². The van der Waals surface area contributed by atoms with Crippen LogP contribution in [-0.4, -0.2) is 32.7 Å². The maximum atomic E-state index is 13.3. The van der Waals surface area contributed by atoms with Gasteiger partial charge >= 0.3 is 0 Å². The number of ether oxygens (including phenoxy) is 1. The Balaban J connectivity index is 1.76. The molecule has 0 spiro atoms. The van der Waals surface area contributed by atoms with E-state index in [1.807, 2.05) is 4.57 Å². The fourth-order valence-electron chi connectivity index (χ4n) is 3.08. The molecule has 1 aliphatic heterocycles. The highest BCUT2D eigenvalue weighted by Crippen LogP contribution is 2.35. The number of aromatic nitrogens is 3. The number of rotatable bonds is 5. The lowest BCUT2D eigenvalue weighted by Crippen LogP contribution is -2.32. The summed E-state index contributed by atoms with van der Waals surface area (Å²) in [5, 5.41) is 3.00. The molecule has 3 aromatic rings. The first-order valence-corrected chi connectivity index (χ1v) is 9.15. The predicted molar refractivity (Wildman–Crippen MR) is 103 cm³/mol. The number of nitrogens with one attached hydrogen (secondary N) is 1. The molecule has 3 N–H and O–H groups in total. The highest BCUT2D eigenvalue weighted by atomic mass is 32.1. The van der Waals surface area contributed by atoms with E-state index in [1.165, 1.54) is 0 Å². The van der Waals surface area contributed by atoms with Crippen LogP contribution in [0.5, 0.6) is 5.75 Å². The molecule has 29 heavy (non-hydrogen) atoms. The fourth-order valence-corrected chi connectivity index (χ4v) is 3.33. The molecule has 152 valence electrons. The summed E-state index contributed by atoms with van der Waals surface area (Å²) in [5.41, 5.74) is 6.27. The van der Waals surface area contributed by atoms with Crippen LogP contribution in [0.15, 0.2) is 35.1 Å². The molecular weight excluding hydrogens is 404 g/mol. The summed E-state index contributed by atoms with van der Waals surface area (Å²) in [6.07, 6.45) is -0.188. The summed E-state index contributed by atoms with van der Waals surface area (Å²) in [4.78, 5) is 15.7. The monoisotopic (exact) mass is 421 g/mol. The standard InChI is InChI=1S/C18H17F2N5O3S/c1-9(16(21)26)22-10-2-3-11-13(6-10)27-5-4-24-7-14(23-17(11)24)25-12(15(19)20)8-28-18(25)29/h2-3,6-9,15,22H,4-5H2,1H3,(H2,21,26)/t9-/m0/s1. The Labute approximate surface area is 168 Å². The lowest BCUT2D eigenvalue weighted by atomic mass is 10.1. The molecule has 1 atom stereocenters. The number of amides is 1. The number of oxazole rings is 1. The highest BCUT2D eigenvalue weighted by Gasteiger charge is 2.23. The zero-order valence-electron chi connectivity index (χ0n) is 15.3. The van der Waals surface area contributed by atoms with Gasteiger partial charge in [-0.3, -0.25) is 4.79 Å². The van der Waals surface area contributed by atoms with E-state index in [2.05, 4.69) is 10.3 Å². The van der Waals surface area contributed by atoms with E-state index in [4.69, 9.17) is 27.1 Å². The summed E-state index contributed by atoms with van der Waals surface area (Å²) in [7, 11) is 0. The first-order valence-electron chi connectivity index (χ1n) is 8.74. The van der Waals surface area contributed by atoms with E-state index in [9.17, 15) is 13.6 Å². The molecule has 4 rings (SSSR count). The van der Waals surface area contributed by atoms with Gasteiger partial charge < -0.3 is 24.8 Å². The van der Waals surface area contributed by atoms with Crippen LogP contribution in [0.2, 0.25) is 0 Å². The molecule has 0 saturated heterocycles. The quantitative estimate of drug-likeness (QED) is 0.614. The number of imidazole rings is 1. The lowest BCUT2D eigenvalue weighted by molar-refractivity contribution is -0.118. The molecule has 1 aliphatic rings. The highest BCUT2D eigenvalue weighted by molar-refractivity contribution is 7.71. The summed E-state index contributed by atoms with van der Waals surface area (Å²) < 4.78 is 40.3. The minimum absolute atomic E-state index is 0.106. The van der Waals surface area contributed by atoms with E-state index in [0.29, 0.717) is 36.0 Å². The number of hydrogen-bond acceptors (Lipinski definition) is 6. The fraction of sp³-hybridized carbons (Fsp3) is 0.278. The molecule has 1 amide bonds. The largest absolute Gasteiger partial charge is 0.491 e. The Hall–Kier alpha value is -3.21. The van der Waals surface area contributed by atoms with Crippen LogP contribution in [-0.2, 0) is 11.3 Å². The number of nitrogens with zero attached hydrogens (tertiary/aromatic N) is 3. The van der Waals surface area contributed by atoms with Gasteiger partial charge in [0.2, 0.25) is 5.91 Å². The van der Waals surface area contributed by atoms with Gasteiger partial charge in [0, 0.05) is 18.0 Å². The van der Waals surface area contributed by atoms with Gasteiger partial charge in [-0.2, -0.15) is 0 Å². The second-order valence-electron chi connectivity index (χ2n) is 6.51. The number of primary amides is 1. The number of fused-ring (bicyclic) bond motifs is 3. The molecule has 0 radical (unpaired) electrons. The summed E-state index contributed by atoms with van der Waals surface area (Å²) >= 11 is 5.04. The van der Waals surface area contributed by atoms with Crippen molar-refractivity contribution in [3.63, 3.8) is 0 Å². The predicted octanol–water partition coefficient (Wildman–Crippen LogP) is 3.28. The molecular formula is C18H17F2N5O3S. The number of halogens is 2. The Morgan fingerprint density at radius 2 is 2.21 bits per heavy atom.